The van der Waals surface area contributed by atoms with E-state index in [4.69, 9.17) is 0 Å². The van der Waals surface area contributed by atoms with Crippen LogP contribution in [0.25, 0.3) is 10.8 Å². The Morgan fingerprint density at radius 1 is 0.955 bits per heavy atom. The summed E-state index contributed by atoms with van der Waals surface area (Å²) in [7, 11) is 0. The summed E-state index contributed by atoms with van der Waals surface area (Å²) in [6.45, 7) is 1.99. The molecule has 3 aromatic carbocycles. The molecule has 0 aliphatic heterocycles. The third kappa shape index (κ3) is 3.20. The summed E-state index contributed by atoms with van der Waals surface area (Å²) >= 11 is 0. The summed E-state index contributed by atoms with van der Waals surface area (Å²) in [5.41, 5.74) is 5.21. The van der Waals surface area contributed by atoms with Crippen LogP contribution in [0, 0.1) is 6.92 Å². The number of hydrogen-bond acceptors (Lipinski definition) is 2. The molecule has 22 heavy (non-hydrogen) atoms. The molecule has 0 radical (unpaired) electrons. The second kappa shape index (κ2) is 6.22. The van der Waals surface area contributed by atoms with Gasteiger partial charge in [-0.1, -0.05) is 54.1 Å². The standard InChI is InChI=1S/C19H16N2O/c1-14-6-9-17(10-7-14)19(22)21-20-13-15-8-11-16-4-2-3-5-18(16)12-15/h2-13H,1H3,(H,21,22). The van der Waals surface area contributed by atoms with E-state index in [0.717, 1.165) is 16.5 Å². The number of hydrogen-bond donors (Lipinski definition) is 1. The monoisotopic (exact) mass is 288 g/mol. The molecule has 0 aliphatic rings. The summed E-state index contributed by atoms with van der Waals surface area (Å²) < 4.78 is 0. The highest BCUT2D eigenvalue weighted by Crippen LogP contribution is 2.14. The molecule has 1 N–H and O–H groups in total. The van der Waals surface area contributed by atoms with Gasteiger partial charge in [0.25, 0.3) is 5.91 Å². The van der Waals surface area contributed by atoms with Crippen molar-refractivity contribution in [2.45, 2.75) is 6.92 Å². The van der Waals surface area contributed by atoms with Crippen molar-refractivity contribution < 1.29 is 4.79 Å². The number of amides is 1. The summed E-state index contributed by atoms with van der Waals surface area (Å²) in [4.78, 5) is 11.9. The van der Waals surface area contributed by atoms with Crippen LogP contribution in [0.3, 0.4) is 0 Å². The highest BCUT2D eigenvalue weighted by molar-refractivity contribution is 5.95. The van der Waals surface area contributed by atoms with Gasteiger partial charge in [-0.3, -0.25) is 4.79 Å². The Morgan fingerprint density at radius 2 is 1.68 bits per heavy atom. The van der Waals surface area contributed by atoms with Crippen LogP contribution in [0.2, 0.25) is 0 Å². The van der Waals surface area contributed by atoms with Gasteiger partial charge in [0.1, 0.15) is 0 Å². The Balaban J connectivity index is 1.70. The number of benzene rings is 3. The lowest BCUT2D eigenvalue weighted by atomic mass is 10.1. The van der Waals surface area contributed by atoms with Crippen LogP contribution in [0.5, 0.6) is 0 Å². The number of nitrogens with one attached hydrogen (secondary N) is 1. The second-order valence-electron chi connectivity index (χ2n) is 5.17. The summed E-state index contributed by atoms with van der Waals surface area (Å²) in [5.74, 6) is -0.211. The number of carbonyl (C=O) groups excluding carboxylic acids is 1. The van der Waals surface area contributed by atoms with Crippen LogP contribution in [-0.2, 0) is 0 Å². The van der Waals surface area contributed by atoms with Gasteiger partial charge in [-0.25, -0.2) is 5.43 Å². The number of rotatable bonds is 3. The third-order valence-electron chi connectivity index (χ3n) is 3.47. The van der Waals surface area contributed by atoms with Crippen molar-refractivity contribution in [1.29, 1.82) is 0 Å². The normalized spacial score (nSPS) is 11.0. The molecule has 0 saturated heterocycles. The van der Waals surface area contributed by atoms with Crippen LogP contribution >= 0.6 is 0 Å². The van der Waals surface area contributed by atoms with Crippen LogP contribution in [0.4, 0.5) is 0 Å². The molecule has 0 aliphatic carbocycles. The minimum atomic E-state index is -0.211. The summed E-state index contributed by atoms with van der Waals surface area (Å²) in [5, 5.41) is 6.36. The molecule has 0 fully saturated rings. The molecule has 3 rings (SSSR count). The first-order valence-corrected chi connectivity index (χ1v) is 7.11. The van der Waals surface area contributed by atoms with Gasteiger partial charge in [-0.05, 0) is 41.5 Å². The van der Waals surface area contributed by atoms with Crippen molar-refractivity contribution in [2.24, 2.45) is 5.10 Å². The smallest absolute Gasteiger partial charge is 0.267 e. The van der Waals surface area contributed by atoms with Gasteiger partial charge in [0.05, 0.1) is 6.21 Å². The van der Waals surface area contributed by atoms with Gasteiger partial charge in [-0.15, -0.1) is 0 Å². The predicted octanol–water partition coefficient (Wildman–Crippen LogP) is 3.91. The predicted molar refractivity (Wildman–Crippen MR) is 90.2 cm³/mol. The van der Waals surface area contributed by atoms with Gasteiger partial charge >= 0.3 is 0 Å². The lowest BCUT2D eigenvalue weighted by Gasteiger charge is -2.01. The molecular weight excluding hydrogens is 272 g/mol. The van der Waals surface area contributed by atoms with E-state index in [1.807, 2.05) is 49.4 Å². The number of carbonyl (C=O) groups is 1. The first-order chi connectivity index (χ1) is 10.7. The van der Waals surface area contributed by atoms with Crippen molar-refractivity contribution in [3.63, 3.8) is 0 Å². The minimum Gasteiger partial charge on any atom is -0.267 e. The first-order valence-electron chi connectivity index (χ1n) is 7.11. The second-order valence-corrected chi connectivity index (χ2v) is 5.17. The van der Waals surface area contributed by atoms with E-state index in [1.165, 1.54) is 5.39 Å². The van der Waals surface area contributed by atoms with E-state index in [1.54, 1.807) is 18.3 Å². The van der Waals surface area contributed by atoms with Gasteiger partial charge in [0.15, 0.2) is 0 Å². The Labute approximate surface area is 129 Å². The van der Waals surface area contributed by atoms with E-state index in [2.05, 4.69) is 22.7 Å². The largest absolute Gasteiger partial charge is 0.271 e. The molecule has 108 valence electrons. The average Bonchev–Trinajstić information content (AvgIpc) is 2.55. The fourth-order valence-electron chi connectivity index (χ4n) is 2.22. The summed E-state index contributed by atoms with van der Waals surface area (Å²) in [6.07, 6.45) is 1.65. The average molecular weight is 288 g/mol. The molecular formula is C19H16N2O. The Bertz CT molecular complexity index is 835. The Hall–Kier alpha value is -2.94. The Kier molecular flexibility index (Phi) is 3.97. The molecule has 0 saturated carbocycles. The molecule has 0 aromatic heterocycles. The summed E-state index contributed by atoms with van der Waals surface area (Å²) in [6, 6.07) is 21.6. The molecule has 3 aromatic rings. The van der Waals surface area contributed by atoms with E-state index in [-0.39, 0.29) is 5.91 Å². The van der Waals surface area contributed by atoms with Crippen molar-refractivity contribution in [3.05, 3.63) is 83.4 Å². The van der Waals surface area contributed by atoms with Crippen molar-refractivity contribution >= 4 is 22.9 Å². The number of fused-ring (bicyclic) bond motifs is 1. The van der Waals surface area contributed by atoms with Gasteiger partial charge in [0, 0.05) is 5.56 Å². The van der Waals surface area contributed by atoms with Gasteiger partial charge in [-0.2, -0.15) is 5.10 Å². The molecule has 0 spiro atoms. The number of nitrogens with zero attached hydrogens (tertiary/aromatic N) is 1. The van der Waals surface area contributed by atoms with E-state index >= 15 is 0 Å². The maximum absolute atomic E-state index is 11.9. The molecule has 0 bridgehead atoms. The molecule has 1 amide bonds. The topological polar surface area (TPSA) is 41.5 Å². The fraction of sp³-hybridized carbons (Fsp3) is 0.0526. The van der Waals surface area contributed by atoms with Crippen LogP contribution < -0.4 is 5.43 Å². The van der Waals surface area contributed by atoms with Gasteiger partial charge < -0.3 is 0 Å². The molecule has 0 unspecified atom stereocenters. The third-order valence-corrected chi connectivity index (χ3v) is 3.47. The maximum atomic E-state index is 11.9. The highest BCUT2D eigenvalue weighted by Gasteiger charge is 2.02. The number of aryl methyl sites for hydroxylation is 1. The SMILES string of the molecule is Cc1ccc(C(=O)NN=Cc2ccc3ccccc3c2)cc1. The molecule has 0 atom stereocenters. The maximum Gasteiger partial charge on any atom is 0.271 e. The lowest BCUT2D eigenvalue weighted by Crippen LogP contribution is -2.17. The fourth-order valence-corrected chi connectivity index (χ4v) is 2.22. The molecule has 3 nitrogen and oxygen atoms in total. The van der Waals surface area contributed by atoms with Crippen LogP contribution in [-0.4, -0.2) is 12.1 Å². The highest BCUT2D eigenvalue weighted by atomic mass is 16.2. The zero-order chi connectivity index (χ0) is 15.4. The molecule has 0 heterocycles. The van der Waals surface area contributed by atoms with Crippen LogP contribution in [0.15, 0.2) is 71.8 Å². The van der Waals surface area contributed by atoms with Crippen molar-refractivity contribution in [1.82, 2.24) is 5.43 Å². The lowest BCUT2D eigenvalue weighted by molar-refractivity contribution is 0.0955. The number of hydrazone groups is 1. The van der Waals surface area contributed by atoms with E-state index in [0.29, 0.717) is 5.56 Å². The minimum absolute atomic E-state index is 0.211. The van der Waals surface area contributed by atoms with Crippen molar-refractivity contribution in [3.8, 4) is 0 Å². The van der Waals surface area contributed by atoms with Crippen molar-refractivity contribution in [2.75, 3.05) is 0 Å². The first kappa shape index (κ1) is 14.0. The Morgan fingerprint density at radius 3 is 2.45 bits per heavy atom. The quantitative estimate of drug-likeness (QED) is 0.576. The molecule has 3 heteroatoms. The zero-order valence-corrected chi connectivity index (χ0v) is 12.3. The van der Waals surface area contributed by atoms with Gasteiger partial charge in [0.2, 0.25) is 0 Å². The van der Waals surface area contributed by atoms with E-state index in [9.17, 15) is 4.79 Å². The van der Waals surface area contributed by atoms with Crippen LogP contribution in [0.1, 0.15) is 21.5 Å². The van der Waals surface area contributed by atoms with E-state index < -0.39 is 0 Å². The zero-order valence-electron chi connectivity index (χ0n) is 12.3.